The molecular formula is C23H32N2O3S. The molecular weight excluding hydrogens is 384 g/mol. The summed E-state index contributed by atoms with van der Waals surface area (Å²) in [4.78, 5) is 13.1. The van der Waals surface area contributed by atoms with Crippen molar-refractivity contribution in [1.29, 1.82) is 0 Å². The molecule has 2 aromatic rings. The molecule has 2 rings (SSSR count). The number of benzene rings is 2. The van der Waals surface area contributed by atoms with Crippen LogP contribution in [0.3, 0.4) is 0 Å². The molecule has 2 aromatic carbocycles. The van der Waals surface area contributed by atoms with Crippen LogP contribution in [-0.2, 0) is 14.8 Å². The Hall–Kier alpha value is -2.34. The lowest BCUT2D eigenvalue weighted by atomic mass is 9.97. The predicted molar refractivity (Wildman–Crippen MR) is 120 cm³/mol. The van der Waals surface area contributed by atoms with Gasteiger partial charge in [0.1, 0.15) is 6.04 Å². The largest absolute Gasteiger partial charge is 0.347 e. The molecule has 158 valence electrons. The van der Waals surface area contributed by atoms with E-state index in [9.17, 15) is 13.2 Å². The Labute approximate surface area is 175 Å². The quantitative estimate of drug-likeness (QED) is 0.730. The summed E-state index contributed by atoms with van der Waals surface area (Å²) in [5.74, 6) is -0.319. The van der Waals surface area contributed by atoms with Crippen LogP contribution in [0.2, 0.25) is 0 Å². The monoisotopic (exact) mass is 416 g/mol. The van der Waals surface area contributed by atoms with E-state index in [1.807, 2.05) is 58.9 Å². The Balaban J connectivity index is 2.34. The average molecular weight is 417 g/mol. The highest BCUT2D eigenvalue weighted by molar-refractivity contribution is 7.92. The number of sulfonamides is 1. The van der Waals surface area contributed by atoms with Gasteiger partial charge in [-0.25, -0.2) is 8.42 Å². The third-order valence-corrected chi connectivity index (χ3v) is 6.60. The molecule has 2 unspecified atom stereocenters. The second kappa shape index (κ2) is 8.99. The zero-order chi connectivity index (χ0) is 21.9. The molecule has 0 saturated heterocycles. The topological polar surface area (TPSA) is 66.5 Å². The van der Waals surface area contributed by atoms with Gasteiger partial charge in [0.05, 0.1) is 18.0 Å². The minimum absolute atomic E-state index is 0.174. The van der Waals surface area contributed by atoms with E-state index in [0.717, 1.165) is 28.5 Å². The Morgan fingerprint density at radius 1 is 1.00 bits per heavy atom. The van der Waals surface area contributed by atoms with Crippen LogP contribution in [0.4, 0.5) is 5.69 Å². The number of anilines is 1. The molecule has 29 heavy (non-hydrogen) atoms. The third kappa shape index (κ3) is 5.38. The SMILES string of the molecule is CCC(NC(=O)C(C)N(c1ccc(C)c(C)c1)S(C)(=O)=O)c1ccc(C)cc1C. The maximum absolute atomic E-state index is 13.1. The molecule has 0 aliphatic rings. The first-order valence-corrected chi connectivity index (χ1v) is 11.7. The van der Waals surface area contributed by atoms with E-state index in [2.05, 4.69) is 11.4 Å². The number of hydrogen-bond acceptors (Lipinski definition) is 3. The molecule has 6 heteroatoms. The molecule has 0 saturated carbocycles. The highest BCUT2D eigenvalue weighted by Crippen LogP contribution is 2.26. The second-order valence-corrected chi connectivity index (χ2v) is 9.69. The van der Waals surface area contributed by atoms with E-state index in [0.29, 0.717) is 12.1 Å². The van der Waals surface area contributed by atoms with Gasteiger partial charge in [-0.05, 0) is 75.4 Å². The van der Waals surface area contributed by atoms with Crippen molar-refractivity contribution in [2.45, 2.75) is 60.0 Å². The number of nitrogens with zero attached hydrogens (tertiary/aromatic N) is 1. The molecule has 1 amide bonds. The van der Waals surface area contributed by atoms with Gasteiger partial charge in [-0.2, -0.15) is 0 Å². The zero-order valence-corrected chi connectivity index (χ0v) is 19.2. The van der Waals surface area contributed by atoms with Crippen LogP contribution in [0.5, 0.6) is 0 Å². The molecule has 1 N–H and O–H groups in total. The summed E-state index contributed by atoms with van der Waals surface area (Å²) < 4.78 is 26.3. The van der Waals surface area contributed by atoms with Crippen LogP contribution in [-0.4, -0.2) is 26.6 Å². The van der Waals surface area contributed by atoms with E-state index in [1.165, 1.54) is 9.87 Å². The van der Waals surface area contributed by atoms with Crippen molar-refractivity contribution in [3.63, 3.8) is 0 Å². The molecule has 0 radical (unpaired) electrons. The van der Waals surface area contributed by atoms with Gasteiger partial charge in [0, 0.05) is 0 Å². The fourth-order valence-electron chi connectivity index (χ4n) is 3.58. The van der Waals surface area contributed by atoms with Gasteiger partial charge in [-0.3, -0.25) is 9.10 Å². The minimum atomic E-state index is -3.64. The Bertz CT molecular complexity index is 999. The summed E-state index contributed by atoms with van der Waals surface area (Å²) in [6.07, 6.45) is 1.85. The zero-order valence-electron chi connectivity index (χ0n) is 18.4. The van der Waals surface area contributed by atoms with Crippen LogP contribution < -0.4 is 9.62 Å². The summed E-state index contributed by atoms with van der Waals surface area (Å²) in [7, 11) is -3.64. The number of carbonyl (C=O) groups is 1. The van der Waals surface area contributed by atoms with Crippen LogP contribution in [0.1, 0.15) is 54.1 Å². The number of rotatable bonds is 7. The molecule has 0 aliphatic carbocycles. The lowest BCUT2D eigenvalue weighted by Gasteiger charge is -2.30. The normalized spacial score (nSPS) is 13.6. The van der Waals surface area contributed by atoms with Crippen molar-refractivity contribution >= 4 is 21.6 Å². The molecule has 0 spiro atoms. The summed E-state index contributed by atoms with van der Waals surface area (Å²) in [6, 6.07) is 10.5. The predicted octanol–water partition coefficient (Wildman–Crippen LogP) is 4.34. The minimum Gasteiger partial charge on any atom is -0.347 e. The maximum atomic E-state index is 13.1. The lowest BCUT2D eigenvalue weighted by Crippen LogP contribution is -2.48. The standard InChI is InChI=1S/C23H32N2O3S/c1-8-22(21-12-9-15(2)13-18(21)5)24-23(26)19(6)25(29(7,27)28)20-11-10-16(3)17(4)14-20/h9-14,19,22H,8H2,1-7H3,(H,24,26). The highest BCUT2D eigenvalue weighted by Gasteiger charge is 2.30. The fourth-order valence-corrected chi connectivity index (χ4v) is 4.75. The van der Waals surface area contributed by atoms with Crippen molar-refractivity contribution in [2.24, 2.45) is 0 Å². The van der Waals surface area contributed by atoms with Crippen molar-refractivity contribution in [3.05, 3.63) is 64.2 Å². The Morgan fingerprint density at radius 3 is 2.17 bits per heavy atom. The van der Waals surface area contributed by atoms with Crippen molar-refractivity contribution in [2.75, 3.05) is 10.6 Å². The molecule has 0 bridgehead atoms. The molecule has 5 nitrogen and oxygen atoms in total. The van der Waals surface area contributed by atoms with Gasteiger partial charge in [0.25, 0.3) is 0 Å². The van der Waals surface area contributed by atoms with Crippen molar-refractivity contribution < 1.29 is 13.2 Å². The summed E-state index contributed by atoms with van der Waals surface area (Å²) in [5.41, 5.74) is 5.87. The lowest BCUT2D eigenvalue weighted by molar-refractivity contribution is -0.122. The fraction of sp³-hybridized carbons (Fsp3) is 0.435. The summed E-state index contributed by atoms with van der Waals surface area (Å²) >= 11 is 0. The van der Waals surface area contributed by atoms with Gasteiger partial charge in [0.15, 0.2) is 0 Å². The molecule has 0 aliphatic heterocycles. The molecule has 0 aromatic heterocycles. The Morgan fingerprint density at radius 2 is 1.66 bits per heavy atom. The first kappa shape index (κ1) is 22.9. The number of carbonyl (C=O) groups excluding carboxylic acids is 1. The van der Waals surface area contributed by atoms with Crippen molar-refractivity contribution in [3.8, 4) is 0 Å². The molecule has 2 atom stereocenters. The molecule has 0 fully saturated rings. The van der Waals surface area contributed by atoms with Gasteiger partial charge < -0.3 is 5.32 Å². The van der Waals surface area contributed by atoms with E-state index in [-0.39, 0.29) is 11.9 Å². The number of nitrogens with one attached hydrogen (secondary N) is 1. The number of hydrogen-bond donors (Lipinski definition) is 1. The van der Waals surface area contributed by atoms with Crippen LogP contribution in [0.15, 0.2) is 36.4 Å². The van der Waals surface area contributed by atoms with Gasteiger partial charge in [-0.1, -0.05) is 36.8 Å². The molecule has 0 heterocycles. The third-order valence-electron chi connectivity index (χ3n) is 5.36. The summed E-state index contributed by atoms with van der Waals surface area (Å²) in [5, 5.41) is 3.05. The van der Waals surface area contributed by atoms with Crippen LogP contribution in [0.25, 0.3) is 0 Å². The second-order valence-electron chi connectivity index (χ2n) is 7.83. The van der Waals surface area contributed by atoms with Gasteiger partial charge in [0.2, 0.25) is 15.9 Å². The van der Waals surface area contributed by atoms with Gasteiger partial charge >= 0.3 is 0 Å². The maximum Gasteiger partial charge on any atom is 0.244 e. The smallest absolute Gasteiger partial charge is 0.244 e. The van der Waals surface area contributed by atoms with Gasteiger partial charge in [-0.15, -0.1) is 0 Å². The average Bonchev–Trinajstić information content (AvgIpc) is 2.62. The summed E-state index contributed by atoms with van der Waals surface area (Å²) in [6.45, 7) is 11.6. The van der Waals surface area contributed by atoms with E-state index >= 15 is 0 Å². The first-order valence-electron chi connectivity index (χ1n) is 9.89. The van der Waals surface area contributed by atoms with E-state index in [4.69, 9.17) is 0 Å². The number of amides is 1. The van der Waals surface area contributed by atoms with E-state index in [1.54, 1.807) is 13.0 Å². The highest BCUT2D eigenvalue weighted by atomic mass is 32.2. The van der Waals surface area contributed by atoms with Crippen LogP contribution >= 0.6 is 0 Å². The van der Waals surface area contributed by atoms with Crippen molar-refractivity contribution in [1.82, 2.24) is 5.32 Å². The number of aryl methyl sites for hydroxylation is 4. The van der Waals surface area contributed by atoms with Crippen LogP contribution in [0, 0.1) is 27.7 Å². The van der Waals surface area contributed by atoms with E-state index < -0.39 is 16.1 Å². The first-order chi connectivity index (χ1) is 13.5. The Kier molecular flexibility index (Phi) is 7.11.